The molecule has 0 aromatic heterocycles. The second-order valence-electron chi connectivity index (χ2n) is 5.94. The SMILES string of the molecule is CCC1(C)CCC2(CCCCN2C)C1. The minimum atomic E-state index is 0.600. The zero-order valence-electron chi connectivity index (χ0n) is 10.1. The van der Waals surface area contributed by atoms with Gasteiger partial charge in [0.15, 0.2) is 0 Å². The van der Waals surface area contributed by atoms with E-state index in [2.05, 4.69) is 25.8 Å². The van der Waals surface area contributed by atoms with Gasteiger partial charge in [0.05, 0.1) is 0 Å². The lowest BCUT2D eigenvalue weighted by atomic mass is 9.79. The smallest absolute Gasteiger partial charge is 0.0212 e. The molecule has 0 bridgehead atoms. The highest BCUT2D eigenvalue weighted by atomic mass is 15.2. The molecule has 1 heteroatoms. The molecule has 14 heavy (non-hydrogen) atoms. The molecule has 1 spiro atoms. The number of rotatable bonds is 1. The van der Waals surface area contributed by atoms with Crippen LogP contribution in [0.25, 0.3) is 0 Å². The molecule has 0 aromatic rings. The molecule has 1 aliphatic carbocycles. The highest BCUT2D eigenvalue weighted by Gasteiger charge is 2.47. The van der Waals surface area contributed by atoms with Gasteiger partial charge in [-0.05, 0) is 51.1 Å². The zero-order chi connectivity index (χ0) is 10.2. The molecule has 0 aromatic carbocycles. The Balaban J connectivity index is 2.10. The van der Waals surface area contributed by atoms with Crippen LogP contribution >= 0.6 is 0 Å². The number of likely N-dealkylation sites (tertiary alicyclic amines) is 1. The first-order chi connectivity index (χ1) is 6.60. The quantitative estimate of drug-likeness (QED) is 0.619. The maximum Gasteiger partial charge on any atom is 0.0212 e. The van der Waals surface area contributed by atoms with Crippen LogP contribution in [0.2, 0.25) is 0 Å². The second-order valence-corrected chi connectivity index (χ2v) is 5.94. The van der Waals surface area contributed by atoms with Gasteiger partial charge in [0.2, 0.25) is 0 Å². The molecule has 2 aliphatic rings. The van der Waals surface area contributed by atoms with Crippen LogP contribution in [0, 0.1) is 5.41 Å². The summed E-state index contributed by atoms with van der Waals surface area (Å²) >= 11 is 0. The fourth-order valence-corrected chi connectivity index (χ4v) is 3.58. The van der Waals surface area contributed by atoms with E-state index in [1.807, 2.05) is 0 Å². The van der Waals surface area contributed by atoms with Gasteiger partial charge in [-0.1, -0.05) is 26.7 Å². The maximum atomic E-state index is 2.66. The van der Waals surface area contributed by atoms with E-state index in [0.29, 0.717) is 11.0 Å². The molecule has 1 saturated heterocycles. The van der Waals surface area contributed by atoms with Crippen molar-refractivity contribution in [2.75, 3.05) is 13.6 Å². The summed E-state index contributed by atoms with van der Waals surface area (Å²) in [5.41, 5.74) is 1.24. The molecule has 82 valence electrons. The first-order valence-corrected chi connectivity index (χ1v) is 6.32. The first-order valence-electron chi connectivity index (χ1n) is 6.32. The minimum absolute atomic E-state index is 0.600. The van der Waals surface area contributed by atoms with Crippen molar-refractivity contribution in [2.45, 2.75) is 64.3 Å². The molecule has 1 heterocycles. The van der Waals surface area contributed by atoms with Gasteiger partial charge in [-0.2, -0.15) is 0 Å². The Morgan fingerprint density at radius 2 is 1.93 bits per heavy atom. The lowest BCUT2D eigenvalue weighted by molar-refractivity contribution is 0.0666. The third-order valence-electron chi connectivity index (χ3n) is 5.00. The number of hydrogen-bond acceptors (Lipinski definition) is 1. The molecule has 2 unspecified atom stereocenters. The van der Waals surface area contributed by atoms with Crippen LogP contribution in [0.4, 0.5) is 0 Å². The van der Waals surface area contributed by atoms with Crippen LogP contribution in [-0.4, -0.2) is 24.0 Å². The van der Waals surface area contributed by atoms with Crippen molar-refractivity contribution in [3.05, 3.63) is 0 Å². The fraction of sp³-hybridized carbons (Fsp3) is 1.00. The van der Waals surface area contributed by atoms with E-state index in [1.165, 1.54) is 51.5 Å². The summed E-state index contributed by atoms with van der Waals surface area (Å²) in [6, 6.07) is 0. The number of piperidine rings is 1. The summed E-state index contributed by atoms with van der Waals surface area (Å²) in [6.07, 6.45) is 10.1. The molecule has 0 N–H and O–H groups in total. The van der Waals surface area contributed by atoms with E-state index in [-0.39, 0.29) is 0 Å². The van der Waals surface area contributed by atoms with E-state index in [0.717, 1.165) is 0 Å². The summed E-state index contributed by atoms with van der Waals surface area (Å²) in [7, 11) is 2.35. The van der Waals surface area contributed by atoms with Crippen molar-refractivity contribution in [1.82, 2.24) is 4.90 Å². The molecule has 2 fully saturated rings. The van der Waals surface area contributed by atoms with Gasteiger partial charge in [0.25, 0.3) is 0 Å². The molecule has 1 nitrogen and oxygen atoms in total. The summed E-state index contributed by atoms with van der Waals surface area (Å²) < 4.78 is 0. The molecule has 0 amide bonds. The zero-order valence-corrected chi connectivity index (χ0v) is 10.1. The maximum absolute atomic E-state index is 2.66. The number of nitrogens with zero attached hydrogens (tertiary/aromatic N) is 1. The number of hydrogen-bond donors (Lipinski definition) is 0. The Kier molecular flexibility index (Phi) is 2.63. The van der Waals surface area contributed by atoms with Gasteiger partial charge < -0.3 is 4.90 Å². The first kappa shape index (κ1) is 10.5. The Bertz CT molecular complexity index is 213. The van der Waals surface area contributed by atoms with Gasteiger partial charge in [0.1, 0.15) is 0 Å². The van der Waals surface area contributed by atoms with Gasteiger partial charge in [-0.15, -0.1) is 0 Å². The Hall–Kier alpha value is -0.0400. The van der Waals surface area contributed by atoms with Crippen molar-refractivity contribution in [3.8, 4) is 0 Å². The Labute approximate surface area is 88.9 Å². The van der Waals surface area contributed by atoms with Crippen LogP contribution in [0.1, 0.15) is 58.8 Å². The average Bonchev–Trinajstić information content (AvgIpc) is 2.52. The monoisotopic (exact) mass is 195 g/mol. The van der Waals surface area contributed by atoms with Crippen LogP contribution in [-0.2, 0) is 0 Å². The third kappa shape index (κ3) is 1.60. The van der Waals surface area contributed by atoms with Gasteiger partial charge in [0, 0.05) is 5.54 Å². The normalized spacial score (nSPS) is 44.8. The van der Waals surface area contributed by atoms with Crippen LogP contribution in [0.15, 0.2) is 0 Å². The average molecular weight is 195 g/mol. The van der Waals surface area contributed by atoms with E-state index < -0.39 is 0 Å². The predicted molar refractivity (Wildman–Crippen MR) is 61.5 cm³/mol. The lowest BCUT2D eigenvalue weighted by Crippen LogP contribution is -2.48. The molecular formula is C13H25N. The highest BCUT2D eigenvalue weighted by molar-refractivity contribution is 5.02. The lowest BCUT2D eigenvalue weighted by Gasteiger charge is -2.44. The largest absolute Gasteiger partial charge is 0.301 e. The van der Waals surface area contributed by atoms with Crippen LogP contribution in [0.3, 0.4) is 0 Å². The summed E-state index contributed by atoms with van der Waals surface area (Å²) in [4.78, 5) is 2.66. The van der Waals surface area contributed by atoms with Crippen molar-refractivity contribution < 1.29 is 0 Å². The predicted octanol–water partition coefficient (Wildman–Crippen LogP) is 3.44. The summed E-state index contributed by atoms with van der Waals surface area (Å²) in [5, 5.41) is 0. The minimum Gasteiger partial charge on any atom is -0.301 e. The fourth-order valence-electron chi connectivity index (χ4n) is 3.58. The standard InChI is InChI=1S/C13H25N/c1-4-12(2)8-9-13(11-12)7-5-6-10-14(13)3/h4-11H2,1-3H3. The Morgan fingerprint density at radius 1 is 1.14 bits per heavy atom. The molecule has 1 saturated carbocycles. The van der Waals surface area contributed by atoms with Gasteiger partial charge >= 0.3 is 0 Å². The van der Waals surface area contributed by atoms with Crippen LogP contribution in [0.5, 0.6) is 0 Å². The van der Waals surface area contributed by atoms with E-state index in [9.17, 15) is 0 Å². The summed E-state index contributed by atoms with van der Waals surface area (Å²) in [6.45, 7) is 6.19. The highest BCUT2D eigenvalue weighted by Crippen LogP contribution is 2.51. The van der Waals surface area contributed by atoms with Crippen molar-refractivity contribution >= 4 is 0 Å². The Morgan fingerprint density at radius 3 is 2.50 bits per heavy atom. The topological polar surface area (TPSA) is 3.24 Å². The van der Waals surface area contributed by atoms with Gasteiger partial charge in [-0.25, -0.2) is 0 Å². The van der Waals surface area contributed by atoms with Crippen molar-refractivity contribution in [3.63, 3.8) is 0 Å². The van der Waals surface area contributed by atoms with Crippen molar-refractivity contribution in [2.24, 2.45) is 5.41 Å². The molecular weight excluding hydrogens is 170 g/mol. The summed E-state index contributed by atoms with van der Waals surface area (Å²) in [5.74, 6) is 0. The van der Waals surface area contributed by atoms with E-state index >= 15 is 0 Å². The molecule has 0 radical (unpaired) electrons. The van der Waals surface area contributed by atoms with Crippen LogP contribution < -0.4 is 0 Å². The van der Waals surface area contributed by atoms with E-state index in [1.54, 1.807) is 0 Å². The molecule has 2 rings (SSSR count). The molecule has 2 atom stereocenters. The third-order valence-corrected chi connectivity index (χ3v) is 5.00. The van der Waals surface area contributed by atoms with Gasteiger partial charge in [-0.3, -0.25) is 0 Å². The second kappa shape index (κ2) is 3.52. The van der Waals surface area contributed by atoms with Crippen molar-refractivity contribution in [1.29, 1.82) is 0 Å². The molecule has 1 aliphatic heterocycles. The van der Waals surface area contributed by atoms with E-state index in [4.69, 9.17) is 0 Å².